The van der Waals surface area contributed by atoms with Gasteiger partial charge in [-0.3, -0.25) is 4.99 Å². The third-order valence-electron chi connectivity index (χ3n) is 3.69. The first-order valence-corrected chi connectivity index (χ1v) is 9.49. The molecule has 0 fully saturated rings. The van der Waals surface area contributed by atoms with E-state index in [1.807, 2.05) is 43.3 Å². The van der Waals surface area contributed by atoms with E-state index < -0.39 is 11.9 Å². The zero-order valence-corrected chi connectivity index (χ0v) is 16.8. The summed E-state index contributed by atoms with van der Waals surface area (Å²) < 4.78 is 43.7. The van der Waals surface area contributed by atoms with Crippen LogP contribution in [0.25, 0.3) is 0 Å². The van der Waals surface area contributed by atoms with Gasteiger partial charge in [0.1, 0.15) is 17.4 Å². The van der Waals surface area contributed by atoms with E-state index in [2.05, 4.69) is 20.6 Å². The molecule has 0 aliphatic carbocycles. The molecule has 2 N–H and O–H groups in total. The molecule has 0 aliphatic rings. The number of benzene rings is 1. The van der Waals surface area contributed by atoms with Crippen molar-refractivity contribution in [2.45, 2.75) is 19.3 Å². The van der Waals surface area contributed by atoms with Crippen molar-refractivity contribution in [3.05, 3.63) is 45.9 Å². The van der Waals surface area contributed by atoms with Gasteiger partial charge in [-0.1, -0.05) is 18.2 Å². The number of ether oxygens (including phenoxy) is 1. The summed E-state index contributed by atoms with van der Waals surface area (Å²) in [7, 11) is 5.55. The largest absolute Gasteiger partial charge is 0.492 e. The second kappa shape index (κ2) is 10.3. The number of alkyl halides is 3. The van der Waals surface area contributed by atoms with Crippen LogP contribution in [0.2, 0.25) is 0 Å². The minimum absolute atomic E-state index is 0.154. The van der Waals surface area contributed by atoms with Crippen molar-refractivity contribution in [1.29, 1.82) is 0 Å². The number of hydrogen-bond donors (Lipinski definition) is 2. The highest BCUT2D eigenvalue weighted by Gasteiger charge is 2.33. The maximum atomic E-state index is 12.6. The van der Waals surface area contributed by atoms with Gasteiger partial charge in [0.2, 0.25) is 0 Å². The molecule has 154 valence electrons. The molecule has 0 bridgehead atoms. The van der Waals surface area contributed by atoms with E-state index in [4.69, 9.17) is 4.74 Å². The number of guanidine groups is 1. The van der Waals surface area contributed by atoms with Gasteiger partial charge in [-0.15, -0.1) is 11.3 Å². The average molecular weight is 415 g/mol. The first-order chi connectivity index (χ1) is 13.3. The van der Waals surface area contributed by atoms with Gasteiger partial charge in [0.25, 0.3) is 0 Å². The molecule has 2 rings (SSSR count). The molecule has 6 nitrogen and oxygen atoms in total. The van der Waals surface area contributed by atoms with Gasteiger partial charge in [0.15, 0.2) is 11.7 Å². The van der Waals surface area contributed by atoms with Gasteiger partial charge in [0, 0.05) is 31.1 Å². The molecular weight excluding hydrogens is 391 g/mol. The van der Waals surface area contributed by atoms with Crippen LogP contribution in [0.15, 0.2) is 34.6 Å². The van der Waals surface area contributed by atoms with Crippen LogP contribution in [0.4, 0.5) is 13.2 Å². The van der Waals surface area contributed by atoms with Crippen LogP contribution >= 0.6 is 11.3 Å². The Morgan fingerprint density at radius 1 is 1.21 bits per heavy atom. The molecule has 0 unspecified atom stereocenters. The van der Waals surface area contributed by atoms with Crippen molar-refractivity contribution in [2.24, 2.45) is 4.99 Å². The molecule has 2 aromatic rings. The van der Waals surface area contributed by atoms with Crippen LogP contribution in [0, 0.1) is 0 Å². The highest BCUT2D eigenvalue weighted by atomic mass is 32.1. The summed E-state index contributed by atoms with van der Waals surface area (Å²) in [6, 6.07) is 7.67. The molecule has 0 saturated heterocycles. The first-order valence-electron chi connectivity index (χ1n) is 8.61. The minimum Gasteiger partial charge on any atom is -0.492 e. The minimum atomic E-state index is -4.43. The van der Waals surface area contributed by atoms with Crippen molar-refractivity contribution >= 4 is 17.3 Å². The van der Waals surface area contributed by atoms with E-state index in [0.717, 1.165) is 34.6 Å². The van der Waals surface area contributed by atoms with Crippen LogP contribution in [0.5, 0.6) is 5.75 Å². The quantitative estimate of drug-likeness (QED) is 0.513. The van der Waals surface area contributed by atoms with E-state index in [1.165, 1.54) is 0 Å². The number of likely N-dealkylation sites (N-methyl/N-ethyl adjacent to an activating group) is 1. The monoisotopic (exact) mass is 415 g/mol. The number of nitrogens with one attached hydrogen (secondary N) is 2. The lowest BCUT2D eigenvalue weighted by atomic mass is 10.2. The molecule has 0 saturated carbocycles. The standard InChI is InChI=1S/C18H24F3N5OS/c1-22-17(24-11-16-25-15(12-28-16)18(19,20)21)23-10-13-6-4-5-7-14(13)27-9-8-26(2)3/h4-7,12H,8-11H2,1-3H3,(H2,22,23,24). The van der Waals surface area contributed by atoms with Crippen LogP contribution < -0.4 is 15.4 Å². The van der Waals surface area contributed by atoms with E-state index in [1.54, 1.807) is 7.05 Å². The Labute approximate surface area is 166 Å². The molecule has 1 aromatic carbocycles. The fourth-order valence-electron chi connectivity index (χ4n) is 2.21. The maximum Gasteiger partial charge on any atom is 0.434 e. The Kier molecular flexibility index (Phi) is 8.06. The molecule has 0 amide bonds. The lowest BCUT2D eigenvalue weighted by molar-refractivity contribution is -0.140. The van der Waals surface area contributed by atoms with E-state index in [-0.39, 0.29) is 6.54 Å². The average Bonchev–Trinajstić information content (AvgIpc) is 3.12. The van der Waals surface area contributed by atoms with Gasteiger partial charge in [-0.25, -0.2) is 4.98 Å². The third-order valence-corrected chi connectivity index (χ3v) is 4.54. The van der Waals surface area contributed by atoms with Crippen molar-refractivity contribution in [1.82, 2.24) is 20.5 Å². The number of rotatable bonds is 8. The van der Waals surface area contributed by atoms with Crippen molar-refractivity contribution in [2.75, 3.05) is 34.3 Å². The predicted molar refractivity (Wildman–Crippen MR) is 105 cm³/mol. The first kappa shape index (κ1) is 22.0. The summed E-state index contributed by atoms with van der Waals surface area (Å²) in [4.78, 5) is 9.72. The lowest BCUT2D eigenvalue weighted by Gasteiger charge is -2.15. The summed E-state index contributed by atoms with van der Waals surface area (Å²) in [6.45, 7) is 1.99. The number of aromatic nitrogens is 1. The van der Waals surface area contributed by atoms with Crippen LogP contribution in [0.3, 0.4) is 0 Å². The normalized spacial score (nSPS) is 12.3. The predicted octanol–water partition coefficient (Wildman–Crippen LogP) is 2.97. The Morgan fingerprint density at radius 2 is 1.93 bits per heavy atom. The van der Waals surface area contributed by atoms with Crippen LogP contribution in [-0.2, 0) is 19.3 Å². The van der Waals surface area contributed by atoms with Gasteiger partial charge >= 0.3 is 6.18 Å². The lowest BCUT2D eigenvalue weighted by Crippen LogP contribution is -2.36. The van der Waals surface area contributed by atoms with Crippen molar-refractivity contribution in [3.8, 4) is 5.75 Å². The second-order valence-electron chi connectivity index (χ2n) is 6.16. The Balaban J connectivity index is 1.88. The fraction of sp³-hybridized carbons (Fsp3) is 0.444. The molecule has 10 heteroatoms. The van der Waals surface area contributed by atoms with Gasteiger partial charge in [-0.2, -0.15) is 13.2 Å². The topological polar surface area (TPSA) is 61.8 Å². The van der Waals surface area contributed by atoms with Crippen molar-refractivity contribution in [3.63, 3.8) is 0 Å². The smallest absolute Gasteiger partial charge is 0.434 e. The zero-order valence-electron chi connectivity index (χ0n) is 16.0. The van der Waals surface area contributed by atoms with Crippen LogP contribution in [-0.4, -0.2) is 50.1 Å². The highest BCUT2D eigenvalue weighted by molar-refractivity contribution is 7.09. The molecule has 0 spiro atoms. The van der Waals surface area contributed by atoms with E-state index >= 15 is 0 Å². The second-order valence-corrected chi connectivity index (χ2v) is 7.11. The molecule has 0 aliphatic heterocycles. The summed E-state index contributed by atoms with van der Waals surface area (Å²) >= 11 is 0.957. The SMILES string of the molecule is CN=C(NCc1nc(C(F)(F)F)cs1)NCc1ccccc1OCCN(C)C. The summed E-state index contributed by atoms with van der Waals surface area (Å²) in [6.07, 6.45) is -4.43. The van der Waals surface area contributed by atoms with Gasteiger partial charge in [0.05, 0.1) is 6.54 Å². The zero-order chi connectivity index (χ0) is 20.6. The summed E-state index contributed by atoms with van der Waals surface area (Å²) in [5.41, 5.74) is 0.0823. The number of aliphatic imine (C=N–C) groups is 1. The van der Waals surface area contributed by atoms with E-state index in [0.29, 0.717) is 24.1 Å². The maximum absolute atomic E-state index is 12.6. The number of nitrogens with zero attached hydrogens (tertiary/aromatic N) is 3. The van der Waals surface area contributed by atoms with E-state index in [9.17, 15) is 13.2 Å². The highest BCUT2D eigenvalue weighted by Crippen LogP contribution is 2.29. The number of hydrogen-bond acceptors (Lipinski definition) is 5. The fourth-order valence-corrected chi connectivity index (χ4v) is 2.95. The summed E-state index contributed by atoms with van der Waals surface area (Å²) in [5.74, 6) is 1.24. The Bertz CT molecular complexity index is 777. The number of thiazole rings is 1. The van der Waals surface area contributed by atoms with Gasteiger partial charge < -0.3 is 20.3 Å². The number of para-hydroxylation sites is 1. The van der Waals surface area contributed by atoms with Crippen molar-refractivity contribution < 1.29 is 17.9 Å². The molecule has 1 aromatic heterocycles. The molecular formula is C18H24F3N5OS. The van der Waals surface area contributed by atoms with Crippen LogP contribution in [0.1, 0.15) is 16.3 Å². The summed E-state index contributed by atoms with van der Waals surface area (Å²) in [5, 5.41) is 7.45. The molecule has 0 radical (unpaired) electrons. The Morgan fingerprint density at radius 3 is 2.57 bits per heavy atom. The third kappa shape index (κ3) is 7.01. The Hall–Kier alpha value is -2.33. The molecule has 1 heterocycles. The number of halogens is 3. The van der Waals surface area contributed by atoms with Gasteiger partial charge in [-0.05, 0) is 20.2 Å². The molecule has 0 atom stereocenters. The molecule has 28 heavy (non-hydrogen) atoms.